The van der Waals surface area contributed by atoms with Gasteiger partial charge in [-0.2, -0.15) is 4.98 Å². The summed E-state index contributed by atoms with van der Waals surface area (Å²) in [6, 6.07) is 9.23. The van der Waals surface area contributed by atoms with Crippen LogP contribution in [0.3, 0.4) is 0 Å². The number of phenolic OH excluding ortho intramolecular Hbond substituents is 2. The van der Waals surface area contributed by atoms with E-state index in [9.17, 15) is 18.6 Å². The van der Waals surface area contributed by atoms with Crippen LogP contribution < -0.4 is 0 Å². The van der Waals surface area contributed by atoms with E-state index in [1.165, 1.54) is 12.1 Å². The first-order chi connectivity index (χ1) is 11.3. The first-order valence-corrected chi connectivity index (χ1v) is 8.82. The van der Waals surface area contributed by atoms with Gasteiger partial charge in [0.25, 0.3) is 5.89 Å². The predicted molar refractivity (Wildman–Crippen MR) is 86.3 cm³/mol. The topological polar surface area (TPSA) is 114 Å². The Morgan fingerprint density at radius 2 is 1.67 bits per heavy atom. The SMILES string of the molecule is Cc1ccc(-c2nc(-c3ccc(S(C)(=O)=O)cc3)no2)c(O)c1O. The van der Waals surface area contributed by atoms with Crippen LogP contribution in [-0.4, -0.2) is 35.0 Å². The molecule has 2 N–H and O–H groups in total. The molecular weight excluding hydrogens is 332 g/mol. The maximum absolute atomic E-state index is 11.5. The molecular formula is C16H14N2O5S. The lowest BCUT2D eigenvalue weighted by molar-refractivity contribution is 0.395. The number of aryl methyl sites for hydroxylation is 1. The summed E-state index contributed by atoms with van der Waals surface area (Å²) in [5.74, 6) is -0.295. The van der Waals surface area contributed by atoms with E-state index < -0.39 is 9.84 Å². The van der Waals surface area contributed by atoms with E-state index in [-0.39, 0.29) is 33.7 Å². The maximum Gasteiger partial charge on any atom is 0.262 e. The molecule has 0 saturated carbocycles. The van der Waals surface area contributed by atoms with Gasteiger partial charge in [0, 0.05) is 11.8 Å². The van der Waals surface area contributed by atoms with Crippen molar-refractivity contribution in [3.63, 3.8) is 0 Å². The third kappa shape index (κ3) is 2.83. The summed E-state index contributed by atoms with van der Waals surface area (Å²) in [5.41, 5.74) is 1.30. The number of sulfone groups is 1. The van der Waals surface area contributed by atoms with E-state index in [1.54, 1.807) is 31.2 Å². The van der Waals surface area contributed by atoms with Crippen LogP contribution in [0.15, 0.2) is 45.8 Å². The van der Waals surface area contributed by atoms with Crippen molar-refractivity contribution in [3.05, 3.63) is 42.0 Å². The zero-order chi connectivity index (χ0) is 17.5. The molecule has 0 amide bonds. The summed E-state index contributed by atoms with van der Waals surface area (Å²) in [5, 5.41) is 23.6. The molecule has 24 heavy (non-hydrogen) atoms. The van der Waals surface area contributed by atoms with Gasteiger partial charge in [-0.1, -0.05) is 11.2 Å². The van der Waals surface area contributed by atoms with Gasteiger partial charge in [0.15, 0.2) is 21.3 Å². The summed E-state index contributed by atoms with van der Waals surface area (Å²) in [4.78, 5) is 4.37. The van der Waals surface area contributed by atoms with Crippen molar-refractivity contribution in [1.82, 2.24) is 10.1 Å². The van der Waals surface area contributed by atoms with Crippen molar-refractivity contribution in [2.45, 2.75) is 11.8 Å². The van der Waals surface area contributed by atoms with Gasteiger partial charge in [0.1, 0.15) is 0 Å². The number of aromatic hydroxyl groups is 2. The Balaban J connectivity index is 1.98. The molecule has 0 unspecified atom stereocenters. The van der Waals surface area contributed by atoms with Gasteiger partial charge in [0.2, 0.25) is 5.82 Å². The van der Waals surface area contributed by atoms with Crippen LogP contribution in [0.1, 0.15) is 5.56 Å². The summed E-state index contributed by atoms with van der Waals surface area (Å²) in [6.45, 7) is 1.65. The van der Waals surface area contributed by atoms with E-state index in [0.29, 0.717) is 11.1 Å². The molecule has 0 aliphatic heterocycles. The molecule has 0 spiro atoms. The Bertz CT molecular complexity index is 1010. The number of rotatable bonds is 3. The van der Waals surface area contributed by atoms with Gasteiger partial charge in [0.05, 0.1) is 10.5 Å². The number of hydrogen-bond acceptors (Lipinski definition) is 7. The minimum Gasteiger partial charge on any atom is -0.504 e. The summed E-state index contributed by atoms with van der Waals surface area (Å²) in [7, 11) is -3.28. The Morgan fingerprint density at radius 3 is 2.29 bits per heavy atom. The zero-order valence-corrected chi connectivity index (χ0v) is 13.7. The van der Waals surface area contributed by atoms with Gasteiger partial charge in [-0.25, -0.2) is 8.42 Å². The minimum absolute atomic E-state index is 0.0463. The highest BCUT2D eigenvalue weighted by Gasteiger charge is 2.18. The summed E-state index contributed by atoms with van der Waals surface area (Å²) < 4.78 is 28.1. The second kappa shape index (κ2) is 5.64. The van der Waals surface area contributed by atoms with Crippen molar-refractivity contribution in [2.75, 3.05) is 6.26 Å². The van der Waals surface area contributed by atoms with Gasteiger partial charge in [-0.15, -0.1) is 0 Å². The van der Waals surface area contributed by atoms with E-state index in [2.05, 4.69) is 10.1 Å². The van der Waals surface area contributed by atoms with Crippen LogP contribution in [0.25, 0.3) is 22.8 Å². The van der Waals surface area contributed by atoms with Crippen molar-refractivity contribution in [1.29, 1.82) is 0 Å². The van der Waals surface area contributed by atoms with E-state index in [1.807, 2.05) is 0 Å². The summed E-state index contributed by atoms with van der Waals surface area (Å²) in [6.07, 6.45) is 1.13. The highest BCUT2D eigenvalue weighted by atomic mass is 32.2. The van der Waals surface area contributed by atoms with Crippen LogP contribution in [0, 0.1) is 6.92 Å². The van der Waals surface area contributed by atoms with Crippen LogP contribution in [0.2, 0.25) is 0 Å². The molecule has 0 fully saturated rings. The maximum atomic E-state index is 11.5. The van der Waals surface area contributed by atoms with Crippen molar-refractivity contribution >= 4 is 9.84 Å². The fourth-order valence-corrected chi connectivity index (χ4v) is 2.78. The highest BCUT2D eigenvalue weighted by molar-refractivity contribution is 7.90. The molecule has 0 aliphatic carbocycles. The largest absolute Gasteiger partial charge is 0.504 e. The number of nitrogens with zero attached hydrogens (tertiary/aromatic N) is 2. The fraction of sp³-hybridized carbons (Fsp3) is 0.125. The lowest BCUT2D eigenvalue weighted by atomic mass is 10.1. The second-order valence-electron chi connectivity index (χ2n) is 5.35. The number of aromatic nitrogens is 2. The van der Waals surface area contributed by atoms with Crippen LogP contribution in [0.4, 0.5) is 0 Å². The normalized spacial score (nSPS) is 11.6. The second-order valence-corrected chi connectivity index (χ2v) is 7.36. The first kappa shape index (κ1) is 16.0. The van der Waals surface area contributed by atoms with Gasteiger partial charge in [-0.05, 0) is 42.8 Å². The monoisotopic (exact) mass is 346 g/mol. The number of phenols is 2. The van der Waals surface area contributed by atoms with Crippen LogP contribution >= 0.6 is 0 Å². The molecule has 1 aromatic heterocycles. The van der Waals surface area contributed by atoms with Gasteiger partial charge >= 0.3 is 0 Å². The smallest absolute Gasteiger partial charge is 0.262 e. The average molecular weight is 346 g/mol. The fourth-order valence-electron chi connectivity index (χ4n) is 2.15. The molecule has 7 nitrogen and oxygen atoms in total. The standard InChI is InChI=1S/C16H14N2O5S/c1-9-3-8-12(14(20)13(9)19)16-17-15(18-23-16)10-4-6-11(7-5-10)24(2,21)22/h3-8,19-20H,1-2H3. The molecule has 124 valence electrons. The Kier molecular flexibility index (Phi) is 3.76. The lowest BCUT2D eigenvalue weighted by Crippen LogP contribution is -1.96. The van der Waals surface area contributed by atoms with Crippen LogP contribution in [0.5, 0.6) is 11.5 Å². The first-order valence-electron chi connectivity index (χ1n) is 6.93. The van der Waals surface area contributed by atoms with Crippen molar-refractivity contribution in [3.8, 4) is 34.3 Å². The molecule has 1 heterocycles. The number of hydrogen-bond donors (Lipinski definition) is 2. The van der Waals surface area contributed by atoms with E-state index in [0.717, 1.165) is 6.26 Å². The molecule has 3 rings (SSSR count). The molecule has 0 atom stereocenters. The Morgan fingerprint density at radius 1 is 1.00 bits per heavy atom. The predicted octanol–water partition coefficient (Wildman–Crippen LogP) is 2.53. The molecule has 3 aromatic rings. The quantitative estimate of drug-likeness (QED) is 0.700. The van der Waals surface area contributed by atoms with Crippen molar-refractivity contribution in [2.24, 2.45) is 0 Å². The molecule has 0 saturated heterocycles. The average Bonchev–Trinajstić information content (AvgIpc) is 3.02. The third-order valence-corrected chi connectivity index (χ3v) is 4.68. The van der Waals surface area contributed by atoms with Crippen molar-refractivity contribution < 1.29 is 23.2 Å². The van der Waals surface area contributed by atoms with Crippen LogP contribution in [-0.2, 0) is 9.84 Å². The minimum atomic E-state index is -3.28. The van der Waals surface area contributed by atoms with Gasteiger partial charge < -0.3 is 14.7 Å². The lowest BCUT2D eigenvalue weighted by Gasteiger charge is -2.04. The Labute approximate surface area is 138 Å². The molecule has 0 aliphatic rings. The Hall–Kier alpha value is -2.87. The molecule has 2 aromatic carbocycles. The molecule has 0 radical (unpaired) electrons. The summed E-state index contributed by atoms with van der Waals surface area (Å²) >= 11 is 0. The van der Waals surface area contributed by atoms with Gasteiger partial charge in [-0.3, -0.25) is 0 Å². The zero-order valence-electron chi connectivity index (χ0n) is 12.9. The van der Waals surface area contributed by atoms with E-state index >= 15 is 0 Å². The highest BCUT2D eigenvalue weighted by Crippen LogP contribution is 2.38. The molecule has 8 heteroatoms. The third-order valence-electron chi connectivity index (χ3n) is 3.55. The van der Waals surface area contributed by atoms with E-state index in [4.69, 9.17) is 4.52 Å². The number of benzene rings is 2. The molecule has 0 bridgehead atoms.